The van der Waals surface area contributed by atoms with Gasteiger partial charge in [-0.3, -0.25) is 9.80 Å². The number of aliphatic hydroxyl groups is 1. The van der Waals surface area contributed by atoms with Crippen molar-refractivity contribution in [1.29, 1.82) is 0 Å². The Labute approximate surface area is 214 Å². The average Bonchev–Trinajstić information content (AvgIpc) is 2.86. The van der Waals surface area contributed by atoms with Crippen LogP contribution in [-0.2, 0) is 21.7 Å². The maximum atomic E-state index is 13.1. The average molecular weight is 503 g/mol. The fraction of sp³-hybridized carbons (Fsp3) is 0.296. The maximum absolute atomic E-state index is 13.1. The van der Waals surface area contributed by atoms with E-state index in [1.54, 1.807) is 24.3 Å². The second-order valence-corrected chi connectivity index (χ2v) is 8.18. The van der Waals surface area contributed by atoms with Crippen LogP contribution >= 0.6 is 24.8 Å². The predicted octanol–water partition coefficient (Wildman–Crippen LogP) is 4.13. The van der Waals surface area contributed by atoms with Gasteiger partial charge in [0, 0.05) is 39.3 Å². The van der Waals surface area contributed by atoms with Gasteiger partial charge >= 0.3 is 5.97 Å². The SMILES string of the molecule is Cl.Cl.O=C(OCCN1CCN(Cc2ccccc2)CC1)C(O)(c1ccccc1)c1ccccc1. The molecule has 5 nitrogen and oxygen atoms in total. The molecule has 0 radical (unpaired) electrons. The van der Waals surface area contributed by atoms with E-state index in [1.165, 1.54) is 5.56 Å². The van der Waals surface area contributed by atoms with E-state index in [-0.39, 0.29) is 31.4 Å². The molecule has 1 aliphatic rings. The minimum absolute atomic E-state index is 0. The van der Waals surface area contributed by atoms with Crippen molar-refractivity contribution in [3.63, 3.8) is 0 Å². The number of hydrogen-bond acceptors (Lipinski definition) is 5. The number of carbonyl (C=O) groups is 1. The van der Waals surface area contributed by atoms with Crippen molar-refractivity contribution in [1.82, 2.24) is 9.80 Å². The monoisotopic (exact) mass is 502 g/mol. The summed E-state index contributed by atoms with van der Waals surface area (Å²) in [6.45, 7) is 5.72. The number of esters is 1. The lowest BCUT2D eigenvalue weighted by Gasteiger charge is -2.34. The Kier molecular flexibility index (Phi) is 11.0. The summed E-state index contributed by atoms with van der Waals surface area (Å²) >= 11 is 0. The zero-order valence-corrected chi connectivity index (χ0v) is 20.7. The Morgan fingerprint density at radius 1 is 0.735 bits per heavy atom. The molecule has 0 saturated carbocycles. The zero-order chi connectivity index (χ0) is 22.2. The summed E-state index contributed by atoms with van der Waals surface area (Å²) < 4.78 is 5.60. The second kappa shape index (κ2) is 13.5. The Hall–Kier alpha value is -2.41. The predicted molar refractivity (Wildman–Crippen MR) is 139 cm³/mol. The summed E-state index contributed by atoms with van der Waals surface area (Å²) in [4.78, 5) is 17.8. The highest BCUT2D eigenvalue weighted by Gasteiger charge is 2.41. The van der Waals surface area contributed by atoms with Gasteiger partial charge in [-0.1, -0.05) is 91.0 Å². The summed E-state index contributed by atoms with van der Waals surface area (Å²) in [5, 5.41) is 11.4. The van der Waals surface area contributed by atoms with Crippen LogP contribution in [0.3, 0.4) is 0 Å². The topological polar surface area (TPSA) is 53.0 Å². The number of piperazine rings is 1. The molecule has 0 aliphatic carbocycles. The minimum atomic E-state index is -1.82. The van der Waals surface area contributed by atoms with Gasteiger partial charge in [-0.05, 0) is 16.7 Å². The van der Waals surface area contributed by atoms with E-state index in [1.807, 2.05) is 42.5 Å². The summed E-state index contributed by atoms with van der Waals surface area (Å²) in [7, 11) is 0. The first-order valence-corrected chi connectivity index (χ1v) is 11.2. The first-order valence-electron chi connectivity index (χ1n) is 11.2. The number of halogens is 2. The van der Waals surface area contributed by atoms with Crippen LogP contribution in [0.5, 0.6) is 0 Å². The van der Waals surface area contributed by atoms with Gasteiger partial charge in [0.15, 0.2) is 0 Å². The molecule has 1 aliphatic heterocycles. The standard InChI is InChI=1S/C27H30N2O3.2ClH/c30-26(27(31,24-12-6-2-7-13-24)25-14-8-3-9-15-25)32-21-20-28-16-18-29(19-17-28)22-23-10-4-1-5-11-23;;/h1-15,31H,16-22H2;2*1H. The number of carbonyl (C=O) groups excluding carboxylic acids is 1. The Morgan fingerprint density at radius 2 is 1.18 bits per heavy atom. The molecule has 1 N–H and O–H groups in total. The van der Waals surface area contributed by atoms with E-state index in [2.05, 4.69) is 34.1 Å². The third kappa shape index (κ3) is 6.81. The summed E-state index contributed by atoms with van der Waals surface area (Å²) in [6, 6.07) is 28.5. The molecule has 0 amide bonds. The molecular weight excluding hydrogens is 471 g/mol. The molecular formula is C27H32Cl2N2O3. The van der Waals surface area contributed by atoms with Crippen LogP contribution in [0.2, 0.25) is 0 Å². The molecule has 1 saturated heterocycles. The molecule has 3 aromatic rings. The third-order valence-corrected chi connectivity index (χ3v) is 6.03. The molecule has 4 rings (SSSR count). The summed E-state index contributed by atoms with van der Waals surface area (Å²) in [5.74, 6) is -0.641. The molecule has 3 aromatic carbocycles. The van der Waals surface area contributed by atoms with Crippen LogP contribution in [-0.4, -0.2) is 60.2 Å². The molecule has 0 spiro atoms. The van der Waals surface area contributed by atoms with Crippen LogP contribution in [0.25, 0.3) is 0 Å². The molecule has 0 atom stereocenters. The van der Waals surface area contributed by atoms with Gasteiger partial charge in [0.05, 0.1) is 0 Å². The maximum Gasteiger partial charge on any atom is 0.347 e. The first-order chi connectivity index (χ1) is 15.7. The highest BCUT2D eigenvalue weighted by Crippen LogP contribution is 2.31. The van der Waals surface area contributed by atoms with Gasteiger partial charge in [-0.25, -0.2) is 4.79 Å². The fourth-order valence-electron chi connectivity index (χ4n) is 4.15. The van der Waals surface area contributed by atoms with Crippen molar-refractivity contribution >= 4 is 30.8 Å². The highest BCUT2D eigenvalue weighted by atomic mass is 35.5. The number of hydrogen-bond donors (Lipinski definition) is 1. The molecule has 0 unspecified atom stereocenters. The number of benzene rings is 3. The highest BCUT2D eigenvalue weighted by molar-refractivity contribution is 5.86. The lowest BCUT2D eigenvalue weighted by Crippen LogP contribution is -2.47. The first kappa shape index (κ1) is 27.8. The van der Waals surface area contributed by atoms with Crippen LogP contribution in [0.1, 0.15) is 16.7 Å². The number of nitrogens with zero attached hydrogens (tertiary/aromatic N) is 2. The lowest BCUT2D eigenvalue weighted by atomic mass is 9.86. The Balaban J connectivity index is 0.00000204. The molecule has 0 aromatic heterocycles. The van der Waals surface area contributed by atoms with Gasteiger partial charge in [0.2, 0.25) is 5.60 Å². The normalized spacial score (nSPS) is 14.5. The van der Waals surface area contributed by atoms with Crippen molar-refractivity contribution in [2.75, 3.05) is 39.3 Å². The minimum Gasteiger partial charge on any atom is -0.462 e. The molecule has 0 bridgehead atoms. The van der Waals surface area contributed by atoms with E-state index < -0.39 is 11.6 Å². The lowest BCUT2D eigenvalue weighted by molar-refractivity contribution is -0.162. The van der Waals surface area contributed by atoms with Gasteiger partial charge in [0.25, 0.3) is 0 Å². The van der Waals surface area contributed by atoms with Crippen molar-refractivity contribution in [2.24, 2.45) is 0 Å². The second-order valence-electron chi connectivity index (χ2n) is 8.18. The van der Waals surface area contributed by atoms with Gasteiger partial charge < -0.3 is 9.84 Å². The molecule has 1 fully saturated rings. The van der Waals surface area contributed by atoms with Crippen molar-refractivity contribution in [3.8, 4) is 0 Å². The van der Waals surface area contributed by atoms with Crippen LogP contribution < -0.4 is 0 Å². The van der Waals surface area contributed by atoms with Crippen molar-refractivity contribution in [2.45, 2.75) is 12.1 Å². The zero-order valence-electron chi connectivity index (χ0n) is 19.1. The molecule has 1 heterocycles. The van der Waals surface area contributed by atoms with Crippen LogP contribution in [0, 0.1) is 0 Å². The Bertz CT molecular complexity index is 943. The smallest absolute Gasteiger partial charge is 0.347 e. The molecule has 182 valence electrons. The number of ether oxygens (including phenoxy) is 1. The van der Waals surface area contributed by atoms with Crippen molar-refractivity contribution in [3.05, 3.63) is 108 Å². The third-order valence-electron chi connectivity index (χ3n) is 6.03. The molecule has 7 heteroatoms. The summed E-state index contributed by atoms with van der Waals surface area (Å²) in [5.41, 5.74) is 0.518. The van der Waals surface area contributed by atoms with Crippen LogP contribution in [0.15, 0.2) is 91.0 Å². The van der Waals surface area contributed by atoms with E-state index in [9.17, 15) is 9.90 Å². The van der Waals surface area contributed by atoms with E-state index in [0.29, 0.717) is 17.7 Å². The summed E-state index contributed by atoms with van der Waals surface area (Å²) in [6.07, 6.45) is 0. The Morgan fingerprint density at radius 3 is 1.68 bits per heavy atom. The molecule has 34 heavy (non-hydrogen) atoms. The fourth-order valence-corrected chi connectivity index (χ4v) is 4.15. The quantitative estimate of drug-likeness (QED) is 0.469. The van der Waals surface area contributed by atoms with Gasteiger partial charge in [0.1, 0.15) is 6.61 Å². The van der Waals surface area contributed by atoms with Crippen molar-refractivity contribution < 1.29 is 14.6 Å². The number of rotatable bonds is 8. The van der Waals surface area contributed by atoms with Crippen LogP contribution in [0.4, 0.5) is 0 Å². The van der Waals surface area contributed by atoms with E-state index in [4.69, 9.17) is 4.74 Å². The van der Waals surface area contributed by atoms with E-state index >= 15 is 0 Å². The van der Waals surface area contributed by atoms with E-state index in [0.717, 1.165) is 32.7 Å². The van der Waals surface area contributed by atoms with Gasteiger partial charge in [-0.2, -0.15) is 0 Å². The van der Waals surface area contributed by atoms with Gasteiger partial charge in [-0.15, -0.1) is 24.8 Å². The largest absolute Gasteiger partial charge is 0.462 e.